The summed E-state index contributed by atoms with van der Waals surface area (Å²) < 4.78 is 1.83. The van der Waals surface area contributed by atoms with Crippen LogP contribution in [0.1, 0.15) is 51.3 Å². The molecule has 0 saturated carbocycles. The van der Waals surface area contributed by atoms with E-state index in [4.69, 9.17) is 4.99 Å². The highest BCUT2D eigenvalue weighted by atomic mass is 15.5. The average Bonchev–Trinajstić information content (AvgIpc) is 3.11. The molecule has 0 amide bonds. The smallest absolute Gasteiger partial charge is 0.205 e. The van der Waals surface area contributed by atoms with Crippen LogP contribution in [0.15, 0.2) is 28.3 Å². The number of benzene rings is 1. The van der Waals surface area contributed by atoms with Crippen molar-refractivity contribution < 1.29 is 0 Å². The van der Waals surface area contributed by atoms with E-state index in [-0.39, 0.29) is 0 Å². The van der Waals surface area contributed by atoms with Gasteiger partial charge in [0.05, 0.1) is 11.4 Å². The molecule has 0 aliphatic carbocycles. The summed E-state index contributed by atoms with van der Waals surface area (Å²) in [5.41, 5.74) is 5.03. The fraction of sp³-hybridized carbons (Fsp3) is 0.474. The molecule has 0 unspecified atom stereocenters. The molecular weight excluding hydrogens is 312 g/mol. The number of hydrogen-bond donors (Lipinski definition) is 0. The van der Waals surface area contributed by atoms with Crippen LogP contribution in [0, 0.1) is 6.92 Å². The summed E-state index contributed by atoms with van der Waals surface area (Å²) in [6.07, 6.45) is 1.89. The van der Waals surface area contributed by atoms with Crippen molar-refractivity contribution in [1.82, 2.24) is 14.9 Å². The minimum absolute atomic E-state index is 0.744. The van der Waals surface area contributed by atoms with Crippen molar-refractivity contribution in [3.63, 3.8) is 0 Å². The van der Waals surface area contributed by atoms with Crippen LogP contribution in [0.3, 0.4) is 0 Å². The minimum atomic E-state index is 0.744. The van der Waals surface area contributed by atoms with Crippen LogP contribution in [0.25, 0.3) is 0 Å². The van der Waals surface area contributed by atoms with Gasteiger partial charge in [0.2, 0.25) is 5.82 Å². The van der Waals surface area contributed by atoms with Gasteiger partial charge in [-0.1, -0.05) is 6.92 Å². The Bertz CT molecular complexity index is 826. The molecule has 0 bridgehead atoms. The maximum absolute atomic E-state index is 4.85. The predicted octanol–water partition coefficient (Wildman–Crippen LogP) is 3.74. The number of aryl methyl sites for hydroxylation is 2. The zero-order chi connectivity index (χ0) is 18.0. The third-order valence-electron chi connectivity index (χ3n) is 4.52. The average molecular weight is 338 g/mol. The molecule has 6 nitrogen and oxygen atoms in total. The lowest BCUT2D eigenvalue weighted by atomic mass is 10.1. The third-order valence-corrected chi connectivity index (χ3v) is 4.52. The molecule has 1 aliphatic rings. The first-order valence-electron chi connectivity index (χ1n) is 9.03. The number of fused-ring (bicyclic) bond motifs is 1. The normalized spacial score (nSPS) is 14.8. The first-order chi connectivity index (χ1) is 12.1. The van der Waals surface area contributed by atoms with Crippen LogP contribution >= 0.6 is 0 Å². The summed E-state index contributed by atoms with van der Waals surface area (Å²) in [5, 5.41) is 13.1. The van der Waals surface area contributed by atoms with Gasteiger partial charge in [-0.05, 0) is 57.9 Å². The molecule has 0 spiro atoms. The Balaban J connectivity index is 1.96. The van der Waals surface area contributed by atoms with Crippen molar-refractivity contribution >= 4 is 22.8 Å². The molecule has 6 heteroatoms. The second kappa shape index (κ2) is 7.17. The minimum Gasteiger partial charge on any atom is -0.372 e. The summed E-state index contributed by atoms with van der Waals surface area (Å²) in [6.45, 7) is 12.5. The SMILES string of the molecule is CCCc1nnc2n1N=C(C)C2=Nc1ccc(N(CC)CC)cc1C. The highest BCUT2D eigenvalue weighted by Crippen LogP contribution is 2.26. The number of hydrogen-bond acceptors (Lipinski definition) is 5. The van der Waals surface area contributed by atoms with Crippen LogP contribution in [-0.4, -0.2) is 39.4 Å². The first-order valence-corrected chi connectivity index (χ1v) is 9.03. The predicted molar refractivity (Wildman–Crippen MR) is 103 cm³/mol. The zero-order valence-electron chi connectivity index (χ0n) is 15.7. The quantitative estimate of drug-likeness (QED) is 0.806. The molecule has 3 rings (SSSR count). The number of anilines is 1. The van der Waals surface area contributed by atoms with Crippen molar-refractivity contribution in [3.05, 3.63) is 35.4 Å². The molecule has 1 aromatic heterocycles. The highest BCUT2D eigenvalue weighted by molar-refractivity contribution is 6.48. The standard InChI is InChI=1S/C19H26N6/c1-6-9-17-21-22-19-18(14(5)23-25(17)19)20-16-11-10-15(12-13(16)4)24(7-2)8-3/h10-12H,6-9H2,1-5H3. The lowest BCUT2D eigenvalue weighted by molar-refractivity contribution is 0.746. The molecule has 2 heterocycles. The van der Waals surface area contributed by atoms with Gasteiger partial charge >= 0.3 is 0 Å². The van der Waals surface area contributed by atoms with E-state index in [1.165, 1.54) is 5.69 Å². The van der Waals surface area contributed by atoms with Crippen LogP contribution in [0.5, 0.6) is 0 Å². The summed E-state index contributed by atoms with van der Waals surface area (Å²) in [5.74, 6) is 1.64. The maximum Gasteiger partial charge on any atom is 0.205 e. The van der Waals surface area contributed by atoms with E-state index in [0.717, 1.165) is 60.3 Å². The molecule has 0 atom stereocenters. The second-order valence-electron chi connectivity index (χ2n) is 6.29. The van der Waals surface area contributed by atoms with Gasteiger partial charge in [0, 0.05) is 25.2 Å². The van der Waals surface area contributed by atoms with Gasteiger partial charge in [0.25, 0.3) is 0 Å². The Morgan fingerprint density at radius 3 is 2.48 bits per heavy atom. The molecule has 132 valence electrons. The topological polar surface area (TPSA) is 58.7 Å². The molecule has 1 aromatic carbocycles. The Kier molecular flexibility index (Phi) is 4.97. The molecule has 0 saturated heterocycles. The fourth-order valence-electron chi connectivity index (χ4n) is 3.11. The van der Waals surface area contributed by atoms with E-state index >= 15 is 0 Å². The molecule has 0 N–H and O–H groups in total. The van der Waals surface area contributed by atoms with E-state index < -0.39 is 0 Å². The van der Waals surface area contributed by atoms with Gasteiger partial charge in [-0.25, -0.2) is 4.99 Å². The second-order valence-corrected chi connectivity index (χ2v) is 6.29. The van der Waals surface area contributed by atoms with Crippen LogP contribution < -0.4 is 4.90 Å². The van der Waals surface area contributed by atoms with Crippen LogP contribution in [-0.2, 0) is 6.42 Å². The molecule has 0 radical (unpaired) electrons. The van der Waals surface area contributed by atoms with E-state index in [2.05, 4.69) is 66.1 Å². The lowest BCUT2D eigenvalue weighted by Crippen LogP contribution is -2.21. The molecule has 25 heavy (non-hydrogen) atoms. The summed E-state index contributed by atoms with van der Waals surface area (Å²) in [6, 6.07) is 6.41. The third kappa shape index (κ3) is 3.21. The van der Waals surface area contributed by atoms with Crippen LogP contribution in [0.4, 0.5) is 11.4 Å². The van der Waals surface area contributed by atoms with Crippen molar-refractivity contribution in [2.45, 2.75) is 47.5 Å². The van der Waals surface area contributed by atoms with E-state index in [0.29, 0.717) is 0 Å². The number of nitrogens with zero attached hydrogens (tertiary/aromatic N) is 6. The molecule has 1 aliphatic heterocycles. The first kappa shape index (κ1) is 17.3. The Labute approximate surface area is 149 Å². The Hall–Kier alpha value is -2.50. The number of aromatic nitrogens is 3. The summed E-state index contributed by atoms with van der Waals surface area (Å²) in [7, 11) is 0. The Morgan fingerprint density at radius 2 is 1.84 bits per heavy atom. The number of aliphatic imine (C=N–C) groups is 1. The van der Waals surface area contributed by atoms with Gasteiger partial charge in [0.15, 0.2) is 5.82 Å². The van der Waals surface area contributed by atoms with Gasteiger partial charge in [0.1, 0.15) is 5.71 Å². The summed E-state index contributed by atoms with van der Waals surface area (Å²) >= 11 is 0. The van der Waals surface area contributed by atoms with Gasteiger partial charge in [-0.2, -0.15) is 9.78 Å². The van der Waals surface area contributed by atoms with Crippen molar-refractivity contribution in [3.8, 4) is 0 Å². The van der Waals surface area contributed by atoms with Gasteiger partial charge in [-0.3, -0.25) is 0 Å². The van der Waals surface area contributed by atoms with E-state index in [9.17, 15) is 0 Å². The monoisotopic (exact) mass is 338 g/mol. The van der Waals surface area contributed by atoms with E-state index in [1.807, 2.05) is 11.6 Å². The van der Waals surface area contributed by atoms with Crippen molar-refractivity contribution in [2.24, 2.45) is 10.1 Å². The molecule has 0 fully saturated rings. The lowest BCUT2D eigenvalue weighted by Gasteiger charge is -2.21. The largest absolute Gasteiger partial charge is 0.372 e. The molecule has 2 aromatic rings. The van der Waals surface area contributed by atoms with Gasteiger partial charge < -0.3 is 4.90 Å². The van der Waals surface area contributed by atoms with Crippen LogP contribution in [0.2, 0.25) is 0 Å². The highest BCUT2D eigenvalue weighted by Gasteiger charge is 2.25. The zero-order valence-corrected chi connectivity index (χ0v) is 15.7. The fourth-order valence-corrected chi connectivity index (χ4v) is 3.11. The van der Waals surface area contributed by atoms with Crippen molar-refractivity contribution in [2.75, 3.05) is 18.0 Å². The maximum atomic E-state index is 4.85. The van der Waals surface area contributed by atoms with Crippen molar-refractivity contribution in [1.29, 1.82) is 0 Å². The molecular formula is C19H26N6. The van der Waals surface area contributed by atoms with E-state index in [1.54, 1.807) is 0 Å². The summed E-state index contributed by atoms with van der Waals surface area (Å²) in [4.78, 5) is 7.18. The number of rotatable bonds is 6. The van der Waals surface area contributed by atoms with Gasteiger partial charge in [-0.15, -0.1) is 10.2 Å². The Morgan fingerprint density at radius 1 is 1.08 bits per heavy atom.